The van der Waals surface area contributed by atoms with Crippen LogP contribution in [0.5, 0.6) is 0 Å². The lowest BCUT2D eigenvalue weighted by Crippen LogP contribution is -2.51. The van der Waals surface area contributed by atoms with Crippen LogP contribution in [0.15, 0.2) is 54.7 Å². The van der Waals surface area contributed by atoms with Crippen LogP contribution in [0.2, 0.25) is 0 Å². The summed E-state index contributed by atoms with van der Waals surface area (Å²) in [4.78, 5) is 43.6. The van der Waals surface area contributed by atoms with Gasteiger partial charge in [0, 0.05) is 32.4 Å². The molecule has 1 saturated heterocycles. The molecule has 2 N–H and O–H groups in total. The summed E-state index contributed by atoms with van der Waals surface area (Å²) in [7, 11) is 1.96. The molecule has 2 heterocycles. The van der Waals surface area contributed by atoms with Gasteiger partial charge in [-0.05, 0) is 66.4 Å². The lowest BCUT2D eigenvalue weighted by molar-refractivity contribution is -0.137. The van der Waals surface area contributed by atoms with Gasteiger partial charge in [0.15, 0.2) is 0 Å². The highest BCUT2D eigenvalue weighted by atomic mass is 16.2. The van der Waals surface area contributed by atoms with Crippen LogP contribution in [-0.2, 0) is 28.1 Å². The Bertz CT molecular complexity index is 1290. The van der Waals surface area contributed by atoms with Gasteiger partial charge in [0.2, 0.25) is 5.91 Å². The topological polar surface area (TPSA) is 85.0 Å². The summed E-state index contributed by atoms with van der Waals surface area (Å²) in [5, 5.41) is 4.46. The fourth-order valence-electron chi connectivity index (χ4n) is 6.15. The van der Waals surface area contributed by atoms with Crippen LogP contribution in [0.25, 0.3) is 5.57 Å². The van der Waals surface area contributed by atoms with Gasteiger partial charge in [0.1, 0.15) is 12.1 Å². The molecular formula is C29H33N5O3. The van der Waals surface area contributed by atoms with Gasteiger partial charge in [-0.3, -0.25) is 19.8 Å². The van der Waals surface area contributed by atoms with Crippen molar-refractivity contribution in [2.24, 2.45) is 5.92 Å². The van der Waals surface area contributed by atoms with Gasteiger partial charge in [-0.2, -0.15) is 0 Å². The monoisotopic (exact) mass is 499 g/mol. The molecule has 1 spiro atoms. The van der Waals surface area contributed by atoms with E-state index in [1.807, 2.05) is 59.4 Å². The van der Waals surface area contributed by atoms with Gasteiger partial charge in [0.05, 0.1) is 0 Å². The predicted molar refractivity (Wildman–Crippen MR) is 140 cm³/mol. The van der Waals surface area contributed by atoms with Gasteiger partial charge < -0.3 is 9.91 Å². The maximum atomic E-state index is 13.8. The summed E-state index contributed by atoms with van der Waals surface area (Å²) in [6.07, 6.45) is 5.45. The van der Waals surface area contributed by atoms with Crippen LogP contribution in [0.4, 0.5) is 4.79 Å². The number of hydrazine groups is 1. The molecule has 192 valence electrons. The highest BCUT2D eigenvalue weighted by Gasteiger charge is 2.57. The van der Waals surface area contributed by atoms with Gasteiger partial charge in [-0.1, -0.05) is 48.5 Å². The Morgan fingerprint density at radius 3 is 2.65 bits per heavy atom. The number of fused-ring (bicyclic) bond motifs is 2. The molecule has 0 unspecified atom stereocenters. The third-order valence-corrected chi connectivity index (χ3v) is 8.45. The highest BCUT2D eigenvalue weighted by molar-refractivity contribution is 6.09. The molecule has 2 aliphatic carbocycles. The first-order chi connectivity index (χ1) is 17.9. The minimum absolute atomic E-state index is 0.0786. The van der Waals surface area contributed by atoms with E-state index in [-0.39, 0.29) is 24.4 Å². The Hall–Kier alpha value is -3.65. The average molecular weight is 500 g/mol. The molecule has 2 aromatic carbocycles. The van der Waals surface area contributed by atoms with Crippen molar-refractivity contribution in [2.75, 3.05) is 20.1 Å². The number of benzene rings is 2. The number of imide groups is 1. The molecule has 2 aromatic rings. The second-order valence-electron chi connectivity index (χ2n) is 10.8. The minimum Gasteiger partial charge on any atom is -0.334 e. The molecule has 8 nitrogen and oxygen atoms in total. The van der Waals surface area contributed by atoms with Crippen LogP contribution < -0.4 is 10.7 Å². The molecule has 0 radical (unpaired) electrons. The van der Waals surface area contributed by atoms with E-state index >= 15 is 0 Å². The molecule has 2 aliphatic heterocycles. The van der Waals surface area contributed by atoms with E-state index in [4.69, 9.17) is 0 Å². The number of hydrogen-bond acceptors (Lipinski definition) is 5. The standard InChI is InChI=1S/C29H33N5O3/c1-19(21-8-9-21)33(16-20-6-4-3-5-7-20)26(35)18-34-28(37)31-27(36)29(34)13-12-23-14-22(10-11-25(23)29)24-15-30-32(2)17-24/h3-7,10-11,14,17,19,21,30H,8-9,12-13,15-16,18H2,1-2H3,(H,31,36,37)/t19-,29+/m1/s1. The van der Waals surface area contributed by atoms with Gasteiger partial charge >= 0.3 is 6.03 Å². The number of aryl methyl sites for hydroxylation is 1. The largest absolute Gasteiger partial charge is 0.334 e. The van der Waals surface area contributed by atoms with Crippen molar-refractivity contribution >= 4 is 23.4 Å². The first-order valence-corrected chi connectivity index (χ1v) is 13.1. The summed E-state index contributed by atoms with van der Waals surface area (Å²) in [5.41, 5.74) is 7.34. The third kappa shape index (κ3) is 4.09. The Morgan fingerprint density at radius 2 is 1.95 bits per heavy atom. The zero-order valence-electron chi connectivity index (χ0n) is 21.4. The fraction of sp³-hybridized carbons (Fsp3) is 0.414. The first-order valence-electron chi connectivity index (χ1n) is 13.1. The van der Waals surface area contributed by atoms with E-state index in [0.717, 1.165) is 41.6 Å². The molecule has 37 heavy (non-hydrogen) atoms. The lowest BCUT2D eigenvalue weighted by atomic mass is 9.89. The van der Waals surface area contributed by atoms with Gasteiger partial charge in [-0.15, -0.1) is 0 Å². The number of amides is 4. The van der Waals surface area contributed by atoms with E-state index < -0.39 is 11.6 Å². The summed E-state index contributed by atoms with van der Waals surface area (Å²) in [5.74, 6) is 0.0330. The van der Waals surface area contributed by atoms with E-state index in [0.29, 0.717) is 25.3 Å². The number of nitrogens with one attached hydrogen (secondary N) is 2. The number of nitrogens with zero attached hydrogens (tertiary/aromatic N) is 3. The predicted octanol–water partition coefficient (Wildman–Crippen LogP) is 3.00. The zero-order valence-corrected chi connectivity index (χ0v) is 21.4. The Balaban J connectivity index is 1.29. The highest BCUT2D eigenvalue weighted by Crippen LogP contribution is 2.45. The molecule has 0 bridgehead atoms. The van der Waals surface area contributed by atoms with Crippen molar-refractivity contribution in [2.45, 2.75) is 50.7 Å². The van der Waals surface area contributed by atoms with Crippen molar-refractivity contribution < 1.29 is 14.4 Å². The SMILES string of the molecule is C[C@H](C1CC1)N(Cc1ccccc1)C(=O)CN1C(=O)NC(=O)[C@@]12CCc1cc(C3=CN(C)NC3)ccc12. The number of carbonyl (C=O) groups is 3. The number of hydrogen-bond donors (Lipinski definition) is 2. The normalized spacial score (nSPS) is 23.4. The summed E-state index contributed by atoms with van der Waals surface area (Å²) in [6.45, 7) is 3.21. The molecule has 4 aliphatic rings. The van der Waals surface area contributed by atoms with Gasteiger partial charge in [0.25, 0.3) is 5.91 Å². The molecule has 6 rings (SSSR count). The van der Waals surface area contributed by atoms with Crippen LogP contribution in [0.1, 0.15) is 48.4 Å². The lowest BCUT2D eigenvalue weighted by Gasteiger charge is -2.36. The molecule has 1 saturated carbocycles. The third-order valence-electron chi connectivity index (χ3n) is 8.45. The summed E-state index contributed by atoms with van der Waals surface area (Å²) < 4.78 is 0. The number of urea groups is 1. The van der Waals surface area contributed by atoms with Crippen LogP contribution in [-0.4, -0.2) is 58.8 Å². The fourth-order valence-corrected chi connectivity index (χ4v) is 6.15. The van der Waals surface area contributed by atoms with Crippen LogP contribution in [0.3, 0.4) is 0 Å². The molecule has 8 heteroatoms. The zero-order chi connectivity index (χ0) is 25.7. The molecule has 4 amide bonds. The Kier molecular flexibility index (Phi) is 5.79. The molecule has 2 fully saturated rings. The Morgan fingerprint density at radius 1 is 1.16 bits per heavy atom. The molecular weight excluding hydrogens is 466 g/mol. The second kappa shape index (κ2) is 9.03. The molecule has 2 atom stereocenters. The minimum atomic E-state index is -1.14. The van der Waals surface area contributed by atoms with Crippen molar-refractivity contribution in [1.29, 1.82) is 0 Å². The van der Waals surface area contributed by atoms with E-state index in [2.05, 4.69) is 29.9 Å². The van der Waals surface area contributed by atoms with Crippen molar-refractivity contribution in [3.05, 3.63) is 77.0 Å². The maximum absolute atomic E-state index is 13.8. The first kappa shape index (κ1) is 23.7. The maximum Gasteiger partial charge on any atom is 0.325 e. The molecule has 0 aromatic heterocycles. The number of rotatable bonds is 7. The average Bonchev–Trinajstić information content (AvgIpc) is 3.48. The smallest absolute Gasteiger partial charge is 0.325 e. The summed E-state index contributed by atoms with van der Waals surface area (Å²) in [6, 6.07) is 15.7. The summed E-state index contributed by atoms with van der Waals surface area (Å²) >= 11 is 0. The van der Waals surface area contributed by atoms with Crippen molar-refractivity contribution in [3.63, 3.8) is 0 Å². The van der Waals surface area contributed by atoms with Crippen molar-refractivity contribution in [1.82, 2.24) is 25.6 Å². The van der Waals surface area contributed by atoms with Crippen molar-refractivity contribution in [3.8, 4) is 0 Å². The van der Waals surface area contributed by atoms with E-state index in [9.17, 15) is 14.4 Å². The quantitative estimate of drug-likeness (QED) is 0.572. The van der Waals surface area contributed by atoms with Gasteiger partial charge in [-0.25, -0.2) is 10.2 Å². The van der Waals surface area contributed by atoms with E-state index in [1.54, 1.807) is 0 Å². The Labute approximate surface area is 217 Å². The van der Waals surface area contributed by atoms with Crippen LogP contribution >= 0.6 is 0 Å². The van der Waals surface area contributed by atoms with E-state index in [1.165, 1.54) is 10.5 Å². The number of carbonyl (C=O) groups excluding carboxylic acids is 3. The second-order valence-corrected chi connectivity index (χ2v) is 10.8. The van der Waals surface area contributed by atoms with Crippen LogP contribution in [0, 0.1) is 5.92 Å².